The summed E-state index contributed by atoms with van der Waals surface area (Å²) in [6.07, 6.45) is 7.16. The summed E-state index contributed by atoms with van der Waals surface area (Å²) >= 11 is 0. The number of anilines is 2. The minimum Gasteiger partial charge on any atom is -0.333 e. The van der Waals surface area contributed by atoms with E-state index in [1.165, 1.54) is 26.0 Å². The summed E-state index contributed by atoms with van der Waals surface area (Å²) in [5.41, 5.74) is 7.10. The van der Waals surface area contributed by atoms with Gasteiger partial charge in [0, 0.05) is 36.1 Å². The molecule has 190 valence electrons. The van der Waals surface area contributed by atoms with Crippen molar-refractivity contribution in [1.82, 2.24) is 29.4 Å². The van der Waals surface area contributed by atoms with Gasteiger partial charge in [0.05, 0.1) is 11.7 Å². The predicted molar refractivity (Wildman–Crippen MR) is 138 cm³/mol. The van der Waals surface area contributed by atoms with Crippen molar-refractivity contribution in [2.75, 3.05) is 25.5 Å². The number of aryl methyl sites for hydroxylation is 1. The van der Waals surface area contributed by atoms with Gasteiger partial charge in [-0.25, -0.2) is 28.7 Å². The van der Waals surface area contributed by atoms with Crippen LogP contribution in [0.1, 0.15) is 44.1 Å². The molecule has 1 fully saturated rings. The minimum atomic E-state index is -0.543. The Morgan fingerprint density at radius 3 is 2.33 bits per heavy atom. The van der Waals surface area contributed by atoms with Crippen LogP contribution in [-0.2, 0) is 6.54 Å². The second kappa shape index (κ2) is 11.0. The van der Waals surface area contributed by atoms with Crippen molar-refractivity contribution in [2.24, 2.45) is 5.73 Å². The average Bonchev–Trinajstić information content (AvgIpc) is 3.50. The fraction of sp³-hybridized carbons (Fsp3) is 0.385. The number of rotatable bonds is 6. The fourth-order valence-corrected chi connectivity index (χ4v) is 4.62. The van der Waals surface area contributed by atoms with Gasteiger partial charge in [-0.15, -0.1) is 0 Å². The smallest absolute Gasteiger partial charge is 0.228 e. The van der Waals surface area contributed by atoms with Crippen LogP contribution in [0.25, 0.3) is 22.2 Å². The molecule has 0 aliphatic carbocycles. The molecule has 1 aromatic carbocycles. The standard InChI is InChI=1S/C25H27F2N7.CH5N/c1-15(2)34-16(3)31-24-20(26)8-18(9-22(24)34)19-10-23(28-13-21(19)27)32-25-29-11-17(12-30-25)14-33-6-4-5-7-33;1-2/h8-13,15H,4-7,14H2,1-3H3,(H,28,29,30,32);2H2,1H3. The number of pyridine rings is 1. The molecule has 3 aromatic heterocycles. The molecule has 1 saturated heterocycles. The second-order valence-corrected chi connectivity index (χ2v) is 9.02. The number of nitrogens with zero attached hydrogens (tertiary/aromatic N) is 6. The van der Waals surface area contributed by atoms with Crippen LogP contribution in [0.2, 0.25) is 0 Å². The van der Waals surface area contributed by atoms with Gasteiger partial charge in [-0.1, -0.05) is 0 Å². The first-order chi connectivity index (χ1) is 17.4. The molecule has 0 atom stereocenters. The molecule has 0 amide bonds. The van der Waals surface area contributed by atoms with Gasteiger partial charge in [-0.05, 0) is 77.5 Å². The fourth-order valence-electron chi connectivity index (χ4n) is 4.62. The highest BCUT2D eigenvalue weighted by Crippen LogP contribution is 2.32. The molecule has 3 N–H and O–H groups in total. The van der Waals surface area contributed by atoms with Gasteiger partial charge in [0.25, 0.3) is 0 Å². The number of halogens is 2. The quantitative estimate of drug-likeness (QED) is 0.391. The lowest BCUT2D eigenvalue weighted by Gasteiger charge is -2.14. The molecule has 5 rings (SSSR count). The zero-order chi connectivity index (χ0) is 25.8. The van der Waals surface area contributed by atoms with E-state index in [-0.39, 0.29) is 17.1 Å². The molecule has 4 aromatic rings. The Balaban J connectivity index is 0.00000148. The zero-order valence-electron chi connectivity index (χ0n) is 21.1. The summed E-state index contributed by atoms with van der Waals surface area (Å²) in [7, 11) is 1.50. The SMILES string of the molecule is CN.Cc1nc2c(F)cc(-c3cc(Nc4ncc(CN5CCCC5)cn4)ncc3F)cc2n1C(C)C. The van der Waals surface area contributed by atoms with Crippen LogP contribution in [0.3, 0.4) is 0 Å². The van der Waals surface area contributed by atoms with Crippen molar-refractivity contribution in [3.05, 3.63) is 59.8 Å². The number of likely N-dealkylation sites (tertiary alicyclic amines) is 1. The van der Waals surface area contributed by atoms with Crippen molar-refractivity contribution in [3.8, 4) is 11.1 Å². The molecule has 0 spiro atoms. The van der Waals surface area contributed by atoms with E-state index in [4.69, 9.17) is 0 Å². The molecule has 1 aliphatic rings. The maximum absolute atomic E-state index is 14.9. The third-order valence-electron chi connectivity index (χ3n) is 6.16. The lowest BCUT2D eigenvalue weighted by Crippen LogP contribution is -2.18. The van der Waals surface area contributed by atoms with Crippen LogP contribution in [0.5, 0.6) is 0 Å². The highest BCUT2D eigenvalue weighted by Gasteiger charge is 2.18. The van der Waals surface area contributed by atoms with E-state index < -0.39 is 11.6 Å². The zero-order valence-corrected chi connectivity index (χ0v) is 21.1. The van der Waals surface area contributed by atoms with Crippen LogP contribution in [-0.4, -0.2) is 49.5 Å². The maximum Gasteiger partial charge on any atom is 0.228 e. The molecule has 10 heteroatoms. The first-order valence-corrected chi connectivity index (χ1v) is 12.1. The first kappa shape index (κ1) is 25.6. The van der Waals surface area contributed by atoms with Gasteiger partial charge in [0.2, 0.25) is 5.95 Å². The molecular weight excluding hydrogens is 462 g/mol. The van der Waals surface area contributed by atoms with Crippen molar-refractivity contribution < 1.29 is 8.78 Å². The van der Waals surface area contributed by atoms with Crippen LogP contribution >= 0.6 is 0 Å². The van der Waals surface area contributed by atoms with E-state index in [1.807, 2.05) is 25.3 Å². The Hall–Kier alpha value is -3.50. The van der Waals surface area contributed by atoms with Crippen molar-refractivity contribution in [2.45, 2.75) is 46.2 Å². The van der Waals surface area contributed by atoms with Gasteiger partial charge in [-0.3, -0.25) is 4.90 Å². The molecule has 0 radical (unpaired) electrons. The van der Waals surface area contributed by atoms with Gasteiger partial charge in [0.1, 0.15) is 23.0 Å². The van der Waals surface area contributed by atoms with Gasteiger partial charge >= 0.3 is 0 Å². The first-order valence-electron chi connectivity index (χ1n) is 12.1. The highest BCUT2D eigenvalue weighted by atomic mass is 19.1. The van der Waals surface area contributed by atoms with E-state index in [9.17, 15) is 8.78 Å². The number of fused-ring (bicyclic) bond motifs is 1. The molecular formula is C26H32F2N8. The number of imidazole rings is 1. The van der Waals surface area contributed by atoms with Gasteiger partial charge < -0.3 is 15.6 Å². The number of nitrogens with one attached hydrogen (secondary N) is 1. The summed E-state index contributed by atoms with van der Waals surface area (Å²) in [4.78, 5) is 19.6. The monoisotopic (exact) mass is 494 g/mol. The van der Waals surface area contributed by atoms with Crippen molar-refractivity contribution >= 4 is 22.8 Å². The number of hydrogen-bond acceptors (Lipinski definition) is 7. The third-order valence-corrected chi connectivity index (χ3v) is 6.16. The van der Waals surface area contributed by atoms with E-state index in [1.54, 1.807) is 24.5 Å². The van der Waals surface area contributed by atoms with Crippen LogP contribution in [0.15, 0.2) is 36.8 Å². The Bertz CT molecular complexity index is 1330. The molecule has 0 bridgehead atoms. The van der Waals surface area contributed by atoms with Gasteiger partial charge in [0.15, 0.2) is 5.82 Å². The van der Waals surface area contributed by atoms with E-state index in [2.05, 4.69) is 35.9 Å². The summed E-state index contributed by atoms with van der Waals surface area (Å²) in [6.45, 7) is 8.89. The van der Waals surface area contributed by atoms with Crippen LogP contribution < -0.4 is 11.1 Å². The molecule has 1 aliphatic heterocycles. The minimum absolute atomic E-state index is 0.0877. The number of nitrogens with two attached hydrogens (primary N) is 1. The largest absolute Gasteiger partial charge is 0.333 e. The Labute approximate surface area is 209 Å². The number of benzene rings is 1. The van der Waals surface area contributed by atoms with Crippen molar-refractivity contribution in [1.29, 1.82) is 0 Å². The van der Waals surface area contributed by atoms with E-state index >= 15 is 0 Å². The summed E-state index contributed by atoms with van der Waals surface area (Å²) in [6, 6.07) is 4.71. The van der Waals surface area contributed by atoms with Gasteiger partial charge in [-0.2, -0.15) is 0 Å². The number of hydrogen-bond donors (Lipinski definition) is 2. The topological polar surface area (TPSA) is 97.8 Å². The highest BCUT2D eigenvalue weighted by molar-refractivity contribution is 5.84. The third kappa shape index (κ3) is 5.34. The maximum atomic E-state index is 14.9. The molecule has 4 heterocycles. The molecule has 0 unspecified atom stereocenters. The summed E-state index contributed by atoms with van der Waals surface area (Å²) in [5.74, 6) is 0.420. The normalized spacial score (nSPS) is 13.8. The van der Waals surface area contributed by atoms with E-state index in [0.29, 0.717) is 28.7 Å². The summed E-state index contributed by atoms with van der Waals surface area (Å²) in [5, 5.41) is 3.02. The second-order valence-electron chi connectivity index (χ2n) is 9.02. The Kier molecular flexibility index (Phi) is 7.85. The average molecular weight is 495 g/mol. The predicted octanol–water partition coefficient (Wildman–Crippen LogP) is 4.97. The summed E-state index contributed by atoms with van der Waals surface area (Å²) < 4.78 is 31.6. The van der Waals surface area contributed by atoms with E-state index in [0.717, 1.165) is 31.4 Å². The molecule has 0 saturated carbocycles. The molecule has 8 nitrogen and oxygen atoms in total. The van der Waals surface area contributed by atoms with Crippen LogP contribution in [0, 0.1) is 18.6 Å². The lowest BCUT2D eigenvalue weighted by molar-refractivity contribution is 0.330. The Morgan fingerprint density at radius 2 is 1.67 bits per heavy atom. The molecule has 36 heavy (non-hydrogen) atoms. The lowest BCUT2D eigenvalue weighted by atomic mass is 10.0. The van der Waals surface area contributed by atoms with Crippen molar-refractivity contribution in [3.63, 3.8) is 0 Å². The van der Waals surface area contributed by atoms with Crippen LogP contribution in [0.4, 0.5) is 20.5 Å². The number of aromatic nitrogens is 5. The Morgan fingerprint density at radius 1 is 0.972 bits per heavy atom.